The van der Waals surface area contributed by atoms with Crippen LogP contribution < -0.4 is 10.7 Å². The molecular weight excluding hydrogens is 278 g/mol. The van der Waals surface area contributed by atoms with Gasteiger partial charge >= 0.3 is 0 Å². The standard InChI is InChI=1S/C18H17NO3/c20-16-10-17(19-11-13-5-3-9-21-13)22-18-14-6-2-1-4-12(14)7-8-15(16)18/h1-2,4,6-8,10,13,19H,3,5,9,11H2. The first kappa shape index (κ1) is 13.3. The Morgan fingerprint density at radius 1 is 1.14 bits per heavy atom. The minimum atomic E-state index is -0.0261. The van der Waals surface area contributed by atoms with Gasteiger partial charge in [0.2, 0.25) is 0 Å². The van der Waals surface area contributed by atoms with E-state index < -0.39 is 0 Å². The van der Waals surface area contributed by atoms with Crippen molar-refractivity contribution in [3.05, 3.63) is 52.7 Å². The van der Waals surface area contributed by atoms with Crippen LogP contribution in [0.4, 0.5) is 5.88 Å². The fraction of sp³-hybridized carbons (Fsp3) is 0.278. The number of benzene rings is 2. The van der Waals surface area contributed by atoms with Crippen LogP contribution in [0.2, 0.25) is 0 Å². The first-order valence-corrected chi connectivity index (χ1v) is 7.62. The molecule has 4 rings (SSSR count). The van der Waals surface area contributed by atoms with Crippen molar-refractivity contribution < 1.29 is 9.15 Å². The normalized spacial score (nSPS) is 18.1. The van der Waals surface area contributed by atoms with Crippen molar-refractivity contribution in [2.24, 2.45) is 0 Å². The van der Waals surface area contributed by atoms with E-state index >= 15 is 0 Å². The predicted octanol–water partition coefficient (Wildman–Crippen LogP) is 3.54. The first-order valence-electron chi connectivity index (χ1n) is 7.62. The fourth-order valence-corrected chi connectivity index (χ4v) is 2.99. The molecule has 0 aliphatic carbocycles. The molecule has 1 unspecified atom stereocenters. The summed E-state index contributed by atoms with van der Waals surface area (Å²) in [5.41, 5.74) is 0.613. The van der Waals surface area contributed by atoms with E-state index in [1.165, 1.54) is 6.07 Å². The van der Waals surface area contributed by atoms with E-state index in [1.54, 1.807) is 0 Å². The summed E-state index contributed by atoms with van der Waals surface area (Å²) in [6.07, 6.45) is 2.35. The van der Waals surface area contributed by atoms with Gasteiger partial charge in [-0.25, -0.2) is 0 Å². The van der Waals surface area contributed by atoms with Crippen molar-refractivity contribution in [2.75, 3.05) is 18.5 Å². The van der Waals surface area contributed by atoms with Crippen LogP contribution in [0.1, 0.15) is 12.8 Å². The average molecular weight is 295 g/mol. The van der Waals surface area contributed by atoms with Gasteiger partial charge in [0, 0.05) is 24.6 Å². The molecule has 1 saturated heterocycles. The Labute approximate surface area is 127 Å². The van der Waals surface area contributed by atoms with Gasteiger partial charge in [0.05, 0.1) is 11.5 Å². The SMILES string of the molecule is O=c1cc(NCC2CCCO2)oc2c1ccc1ccccc12. The first-order chi connectivity index (χ1) is 10.8. The average Bonchev–Trinajstić information content (AvgIpc) is 3.06. The van der Waals surface area contributed by atoms with Crippen LogP contribution in [0.5, 0.6) is 0 Å². The third kappa shape index (κ3) is 2.35. The molecule has 0 bridgehead atoms. The molecule has 0 spiro atoms. The molecule has 1 N–H and O–H groups in total. The van der Waals surface area contributed by atoms with Gasteiger partial charge < -0.3 is 14.5 Å². The molecule has 2 aromatic carbocycles. The van der Waals surface area contributed by atoms with Gasteiger partial charge in [0.1, 0.15) is 5.58 Å². The van der Waals surface area contributed by atoms with Gasteiger partial charge in [-0.05, 0) is 24.3 Å². The summed E-state index contributed by atoms with van der Waals surface area (Å²) < 4.78 is 11.5. The maximum atomic E-state index is 12.3. The van der Waals surface area contributed by atoms with E-state index in [9.17, 15) is 4.79 Å². The number of ether oxygens (including phenoxy) is 1. The molecule has 4 heteroatoms. The zero-order valence-electron chi connectivity index (χ0n) is 12.2. The molecule has 1 aromatic heterocycles. The lowest BCUT2D eigenvalue weighted by atomic mass is 10.1. The van der Waals surface area contributed by atoms with Crippen molar-refractivity contribution in [2.45, 2.75) is 18.9 Å². The quantitative estimate of drug-likeness (QED) is 0.751. The maximum absolute atomic E-state index is 12.3. The van der Waals surface area contributed by atoms with Crippen molar-refractivity contribution in [3.63, 3.8) is 0 Å². The zero-order chi connectivity index (χ0) is 14.9. The second kappa shape index (κ2) is 5.46. The van der Waals surface area contributed by atoms with Gasteiger partial charge in [-0.2, -0.15) is 0 Å². The third-order valence-corrected chi connectivity index (χ3v) is 4.15. The Hall–Kier alpha value is -2.33. The highest BCUT2D eigenvalue weighted by Crippen LogP contribution is 2.25. The minimum Gasteiger partial charge on any atom is -0.440 e. The van der Waals surface area contributed by atoms with Crippen molar-refractivity contribution in [3.8, 4) is 0 Å². The summed E-state index contributed by atoms with van der Waals surface area (Å²) in [4.78, 5) is 12.3. The van der Waals surface area contributed by atoms with Gasteiger partial charge in [-0.3, -0.25) is 4.79 Å². The van der Waals surface area contributed by atoms with Crippen LogP contribution >= 0.6 is 0 Å². The Kier molecular flexibility index (Phi) is 3.31. The summed E-state index contributed by atoms with van der Waals surface area (Å²) in [5.74, 6) is 0.504. The summed E-state index contributed by atoms with van der Waals surface area (Å²) in [7, 11) is 0. The number of hydrogen-bond acceptors (Lipinski definition) is 4. The molecule has 2 heterocycles. The molecule has 112 valence electrons. The van der Waals surface area contributed by atoms with Crippen LogP contribution in [0.3, 0.4) is 0 Å². The van der Waals surface area contributed by atoms with Gasteiger partial charge in [-0.15, -0.1) is 0 Å². The Bertz CT molecular complexity index is 878. The van der Waals surface area contributed by atoms with Gasteiger partial charge in [0.25, 0.3) is 0 Å². The second-order valence-corrected chi connectivity index (χ2v) is 5.65. The topological polar surface area (TPSA) is 51.5 Å². The molecule has 1 atom stereocenters. The summed E-state index contributed by atoms with van der Waals surface area (Å²) >= 11 is 0. The van der Waals surface area contributed by atoms with Crippen LogP contribution in [0.15, 0.2) is 51.7 Å². The molecule has 0 radical (unpaired) electrons. The zero-order valence-corrected chi connectivity index (χ0v) is 12.2. The van der Waals surface area contributed by atoms with Crippen LogP contribution in [0.25, 0.3) is 21.7 Å². The molecule has 0 saturated carbocycles. The van der Waals surface area contributed by atoms with Gasteiger partial charge in [0.15, 0.2) is 11.3 Å². The largest absolute Gasteiger partial charge is 0.440 e. The molecular formula is C18H17NO3. The fourth-order valence-electron chi connectivity index (χ4n) is 2.99. The summed E-state index contributed by atoms with van der Waals surface area (Å²) in [6.45, 7) is 1.48. The Morgan fingerprint density at radius 3 is 2.91 bits per heavy atom. The molecule has 22 heavy (non-hydrogen) atoms. The highest BCUT2D eigenvalue weighted by molar-refractivity contribution is 6.04. The predicted molar refractivity (Wildman–Crippen MR) is 87.5 cm³/mol. The van der Waals surface area contributed by atoms with E-state index in [4.69, 9.17) is 9.15 Å². The number of anilines is 1. The molecule has 0 amide bonds. The smallest absolute Gasteiger partial charge is 0.197 e. The Balaban J connectivity index is 1.76. The lowest BCUT2D eigenvalue weighted by molar-refractivity contribution is 0.120. The lowest BCUT2D eigenvalue weighted by Crippen LogP contribution is -2.19. The highest BCUT2D eigenvalue weighted by atomic mass is 16.5. The summed E-state index contributed by atoms with van der Waals surface area (Å²) in [5, 5.41) is 5.83. The third-order valence-electron chi connectivity index (χ3n) is 4.15. The van der Waals surface area contributed by atoms with Crippen molar-refractivity contribution in [1.29, 1.82) is 0 Å². The monoisotopic (exact) mass is 295 g/mol. The molecule has 3 aromatic rings. The van der Waals surface area contributed by atoms with Crippen LogP contribution in [-0.4, -0.2) is 19.3 Å². The molecule has 4 nitrogen and oxygen atoms in total. The number of nitrogens with one attached hydrogen (secondary N) is 1. The van der Waals surface area contributed by atoms with E-state index in [1.807, 2.05) is 36.4 Å². The van der Waals surface area contributed by atoms with E-state index in [-0.39, 0.29) is 11.5 Å². The molecule has 1 aliphatic rings. The van der Waals surface area contributed by atoms with Crippen molar-refractivity contribution >= 4 is 27.6 Å². The van der Waals surface area contributed by atoms with E-state index in [0.29, 0.717) is 23.4 Å². The maximum Gasteiger partial charge on any atom is 0.197 e. The molecule has 1 fully saturated rings. The highest BCUT2D eigenvalue weighted by Gasteiger charge is 2.16. The van der Waals surface area contributed by atoms with E-state index in [0.717, 1.165) is 30.2 Å². The van der Waals surface area contributed by atoms with E-state index in [2.05, 4.69) is 5.32 Å². The lowest BCUT2D eigenvalue weighted by Gasteiger charge is -2.11. The minimum absolute atomic E-state index is 0.0261. The number of fused-ring (bicyclic) bond motifs is 3. The summed E-state index contributed by atoms with van der Waals surface area (Å²) in [6, 6.07) is 13.2. The number of rotatable bonds is 3. The Morgan fingerprint density at radius 2 is 2.05 bits per heavy atom. The molecule has 1 aliphatic heterocycles. The van der Waals surface area contributed by atoms with Crippen LogP contribution in [-0.2, 0) is 4.74 Å². The van der Waals surface area contributed by atoms with Crippen LogP contribution in [0, 0.1) is 0 Å². The number of hydrogen-bond donors (Lipinski definition) is 1. The van der Waals surface area contributed by atoms with Gasteiger partial charge in [-0.1, -0.05) is 30.3 Å². The van der Waals surface area contributed by atoms with Crippen molar-refractivity contribution in [1.82, 2.24) is 0 Å². The second-order valence-electron chi connectivity index (χ2n) is 5.65.